The van der Waals surface area contributed by atoms with Gasteiger partial charge in [0.25, 0.3) is 0 Å². The molecule has 1 aromatic carbocycles. The van der Waals surface area contributed by atoms with Gasteiger partial charge in [0.15, 0.2) is 0 Å². The van der Waals surface area contributed by atoms with E-state index in [4.69, 9.17) is 4.74 Å². The lowest BCUT2D eigenvalue weighted by atomic mass is 10.2. The molecule has 0 fully saturated rings. The van der Waals surface area contributed by atoms with Crippen molar-refractivity contribution in [1.82, 2.24) is 0 Å². The molecule has 18 heavy (non-hydrogen) atoms. The molecule has 0 aliphatic rings. The fourth-order valence-corrected chi connectivity index (χ4v) is 2.28. The number of hydrogen-bond donors (Lipinski definition) is 0. The van der Waals surface area contributed by atoms with E-state index in [9.17, 15) is 4.55 Å². The summed E-state index contributed by atoms with van der Waals surface area (Å²) >= 11 is 0.398. The second-order valence-electron chi connectivity index (χ2n) is 4.71. The zero-order valence-corrected chi connectivity index (χ0v) is 13.0. The topological polar surface area (TPSA) is 44.6 Å². The molecule has 0 spiro atoms. The highest BCUT2D eigenvalue weighted by Gasteiger charge is 2.25. The molecule has 0 bridgehead atoms. The molecule has 0 radical (unpaired) electrons. The van der Waals surface area contributed by atoms with Gasteiger partial charge in [-0.15, -0.1) is 11.8 Å². The lowest BCUT2D eigenvalue weighted by molar-refractivity contribution is 0.405. The molecule has 0 N–H and O–H groups in total. The molecule has 0 aromatic heterocycles. The Kier molecular flexibility index (Phi) is 5.56. The quantitative estimate of drug-likeness (QED) is 0.484. The molecule has 0 aliphatic carbocycles. The van der Waals surface area contributed by atoms with Crippen LogP contribution in [0.15, 0.2) is 27.5 Å². The van der Waals surface area contributed by atoms with E-state index in [0.717, 1.165) is 16.2 Å². The fraction of sp³-hybridized carbons (Fsp3) is 0.462. The van der Waals surface area contributed by atoms with Crippen molar-refractivity contribution in [3.8, 4) is 5.75 Å². The Morgan fingerprint density at radius 2 is 2.06 bits per heavy atom. The van der Waals surface area contributed by atoms with Gasteiger partial charge in [0.2, 0.25) is 0 Å². The Hall–Kier alpha value is -0.650. The van der Waals surface area contributed by atoms with Gasteiger partial charge in [0.1, 0.15) is 21.9 Å². The van der Waals surface area contributed by atoms with Crippen molar-refractivity contribution >= 4 is 29.3 Å². The average molecular weight is 285 g/mol. The van der Waals surface area contributed by atoms with Gasteiger partial charge >= 0.3 is 0 Å². The van der Waals surface area contributed by atoms with Crippen molar-refractivity contribution in [2.45, 2.75) is 30.4 Å². The van der Waals surface area contributed by atoms with Crippen LogP contribution in [0.1, 0.15) is 26.3 Å². The molecule has 1 aromatic rings. The minimum absolute atomic E-state index is 0.334. The molecule has 100 valence electrons. The molecule has 1 unspecified atom stereocenters. The zero-order valence-electron chi connectivity index (χ0n) is 11.4. The van der Waals surface area contributed by atoms with Crippen LogP contribution >= 0.6 is 11.8 Å². The third-order valence-electron chi connectivity index (χ3n) is 2.23. The summed E-state index contributed by atoms with van der Waals surface area (Å²) in [5, 5.41) is 0. The Morgan fingerprint density at radius 1 is 1.39 bits per heavy atom. The van der Waals surface area contributed by atoms with Gasteiger partial charge in [-0.2, -0.15) is 0 Å². The average Bonchev–Trinajstić information content (AvgIpc) is 2.34. The van der Waals surface area contributed by atoms with E-state index in [0.29, 0.717) is 0 Å². The maximum atomic E-state index is 11.8. The lowest BCUT2D eigenvalue weighted by Crippen LogP contribution is -2.25. The van der Waals surface area contributed by atoms with Crippen molar-refractivity contribution in [2.75, 3.05) is 13.4 Å². The van der Waals surface area contributed by atoms with Gasteiger partial charge < -0.3 is 9.29 Å². The van der Waals surface area contributed by atoms with Gasteiger partial charge in [-0.3, -0.25) is 0 Å². The summed E-state index contributed by atoms with van der Waals surface area (Å²) in [4.78, 5) is 1.08. The number of nitrogens with zero attached hydrogens (tertiary/aromatic N) is 1. The van der Waals surface area contributed by atoms with E-state index >= 15 is 0 Å². The Balaban J connectivity index is 2.89. The summed E-state index contributed by atoms with van der Waals surface area (Å²) in [6.45, 7) is 5.70. The van der Waals surface area contributed by atoms with E-state index in [1.54, 1.807) is 25.1 Å². The van der Waals surface area contributed by atoms with Crippen LogP contribution in [0.2, 0.25) is 0 Å². The van der Waals surface area contributed by atoms with Crippen LogP contribution in [0.4, 0.5) is 0 Å². The summed E-state index contributed by atoms with van der Waals surface area (Å²) in [7, 11) is 1.64. The van der Waals surface area contributed by atoms with Crippen molar-refractivity contribution in [2.24, 2.45) is 4.40 Å². The van der Waals surface area contributed by atoms with E-state index in [-0.39, 0.29) is 4.75 Å². The Morgan fingerprint density at radius 3 is 2.56 bits per heavy atom. The van der Waals surface area contributed by atoms with Gasteiger partial charge in [-0.25, -0.2) is 0 Å². The van der Waals surface area contributed by atoms with Crippen molar-refractivity contribution in [1.29, 1.82) is 0 Å². The van der Waals surface area contributed by atoms with Crippen molar-refractivity contribution in [3.63, 3.8) is 0 Å². The summed E-state index contributed by atoms with van der Waals surface area (Å²) in [6.07, 6.45) is 3.63. The highest BCUT2D eigenvalue weighted by atomic mass is 32.2. The maximum absolute atomic E-state index is 11.8. The standard InChI is InChI=1S/C13H19NO2S2/c1-13(2,3)18(15)14-9-10-6-7-12(17-5)11(8-10)16-4/h6-9H,1-5H3. The van der Waals surface area contributed by atoms with Crippen molar-refractivity contribution in [3.05, 3.63) is 23.8 Å². The van der Waals surface area contributed by atoms with Gasteiger partial charge in [0, 0.05) is 10.5 Å². The van der Waals surface area contributed by atoms with Gasteiger partial charge in [-0.1, -0.05) is 10.5 Å². The minimum atomic E-state index is -1.23. The third-order valence-corrected chi connectivity index (χ3v) is 4.35. The third kappa shape index (κ3) is 4.23. The molecule has 3 nitrogen and oxygen atoms in total. The molecule has 0 saturated carbocycles. The predicted molar refractivity (Wildman–Crippen MR) is 80.3 cm³/mol. The second-order valence-corrected chi connectivity index (χ2v) is 7.49. The summed E-state index contributed by atoms with van der Waals surface area (Å²) in [6, 6.07) is 5.82. The van der Waals surface area contributed by atoms with Crippen LogP contribution in [0.3, 0.4) is 0 Å². The first-order valence-electron chi connectivity index (χ1n) is 5.56. The monoisotopic (exact) mass is 285 g/mol. The fourth-order valence-electron chi connectivity index (χ4n) is 1.20. The smallest absolute Gasteiger partial charge is 0.144 e. The molecular formula is C13H19NO2S2. The van der Waals surface area contributed by atoms with Crippen LogP contribution in [-0.4, -0.2) is 28.9 Å². The first kappa shape index (κ1) is 15.4. The van der Waals surface area contributed by atoms with Crippen LogP contribution < -0.4 is 4.74 Å². The second kappa shape index (κ2) is 6.50. The van der Waals surface area contributed by atoms with Crippen LogP contribution in [-0.2, 0) is 11.4 Å². The van der Waals surface area contributed by atoms with Crippen LogP contribution in [0.25, 0.3) is 0 Å². The number of methoxy groups -OCH3 is 1. The van der Waals surface area contributed by atoms with E-state index in [1.165, 1.54) is 0 Å². The van der Waals surface area contributed by atoms with E-state index in [1.807, 2.05) is 45.2 Å². The zero-order chi connectivity index (χ0) is 13.8. The summed E-state index contributed by atoms with van der Waals surface area (Å²) in [5.74, 6) is 0.813. The van der Waals surface area contributed by atoms with Gasteiger partial charge in [0.05, 0.1) is 13.3 Å². The number of ether oxygens (including phenoxy) is 1. The Bertz CT molecular complexity index is 427. The van der Waals surface area contributed by atoms with E-state index in [2.05, 4.69) is 4.40 Å². The largest absolute Gasteiger partial charge is 0.591 e. The van der Waals surface area contributed by atoms with Crippen molar-refractivity contribution < 1.29 is 9.29 Å². The summed E-state index contributed by atoms with van der Waals surface area (Å²) < 4.78 is 20.8. The van der Waals surface area contributed by atoms with Crippen LogP contribution in [0.5, 0.6) is 5.75 Å². The number of thioether (sulfide) groups is 1. The molecule has 0 saturated heterocycles. The predicted octanol–water partition coefficient (Wildman–Crippen LogP) is 3.30. The highest BCUT2D eigenvalue weighted by Crippen LogP contribution is 2.28. The molecular weight excluding hydrogens is 266 g/mol. The highest BCUT2D eigenvalue weighted by molar-refractivity contribution is 7.98. The molecule has 1 rings (SSSR count). The Labute approximate surface area is 116 Å². The van der Waals surface area contributed by atoms with E-state index < -0.39 is 11.4 Å². The maximum Gasteiger partial charge on any atom is 0.144 e. The molecule has 0 amide bonds. The minimum Gasteiger partial charge on any atom is -0.591 e. The molecule has 1 atom stereocenters. The number of benzene rings is 1. The normalized spacial score (nSPS) is 13.9. The molecule has 0 aliphatic heterocycles. The molecule has 0 heterocycles. The lowest BCUT2D eigenvalue weighted by Gasteiger charge is -2.17. The summed E-state index contributed by atoms with van der Waals surface area (Å²) in [5.41, 5.74) is 0.891. The van der Waals surface area contributed by atoms with Crippen LogP contribution in [0, 0.1) is 0 Å². The first-order chi connectivity index (χ1) is 8.38. The number of rotatable bonds is 4. The first-order valence-corrected chi connectivity index (χ1v) is 7.89. The van der Waals surface area contributed by atoms with Gasteiger partial charge in [-0.05, 0) is 39.2 Å². The SMILES string of the molecule is COc1cc(C=N[S+]([O-])C(C)(C)C)ccc1SC. The number of hydrogen-bond acceptors (Lipinski definition) is 4. The molecule has 5 heteroatoms.